The van der Waals surface area contributed by atoms with Gasteiger partial charge >= 0.3 is 5.97 Å². The minimum Gasteiger partial charge on any atom is -0.465 e. The van der Waals surface area contributed by atoms with Gasteiger partial charge in [0.2, 0.25) is 10.0 Å². The van der Waals surface area contributed by atoms with Gasteiger partial charge in [-0.1, -0.05) is 6.07 Å². The zero-order valence-corrected chi connectivity index (χ0v) is 17.1. The van der Waals surface area contributed by atoms with E-state index >= 15 is 0 Å². The summed E-state index contributed by atoms with van der Waals surface area (Å²) in [7, 11) is 0.619. The molecule has 0 unspecified atom stereocenters. The molecule has 0 bridgehead atoms. The Morgan fingerprint density at radius 2 is 1.64 bits per heavy atom. The molecule has 0 heterocycles. The number of hydrogen-bond donors (Lipinski definition) is 2. The Balaban J connectivity index is 2.04. The molecule has 0 saturated carbocycles. The number of anilines is 1. The molecule has 10 heteroatoms. The number of benzene rings is 2. The zero-order chi connectivity index (χ0) is 20.9. The average molecular weight is 422 g/mol. The van der Waals surface area contributed by atoms with Crippen LogP contribution in [0.3, 0.4) is 0 Å². The van der Waals surface area contributed by atoms with Crippen molar-refractivity contribution in [3.8, 4) is 0 Å². The predicted molar refractivity (Wildman–Crippen MR) is 109 cm³/mol. The van der Waals surface area contributed by atoms with E-state index in [2.05, 4.69) is 15.4 Å². The normalized spacial score (nSPS) is 11.0. The molecule has 2 aromatic carbocycles. The molecule has 2 N–H and O–H groups in total. The summed E-state index contributed by atoms with van der Waals surface area (Å²) in [6.45, 7) is 0. The first-order valence-electron chi connectivity index (χ1n) is 7.98. The van der Waals surface area contributed by atoms with Crippen LogP contribution < -0.4 is 10.6 Å². The minimum atomic E-state index is -3.53. The lowest BCUT2D eigenvalue weighted by atomic mass is 10.1. The molecule has 2 aromatic rings. The Labute approximate surface area is 168 Å². The lowest BCUT2D eigenvalue weighted by Crippen LogP contribution is -2.34. The van der Waals surface area contributed by atoms with E-state index in [4.69, 9.17) is 12.2 Å². The SMILES string of the molecule is COC(=O)c1cccc(C(=O)NC(=S)Nc2ccc(S(=O)(=O)N(C)C)cc2)c1. The molecule has 148 valence electrons. The number of thiocarbonyl (C=S) groups is 1. The number of rotatable bonds is 5. The van der Waals surface area contributed by atoms with Crippen LogP contribution in [0, 0.1) is 0 Å². The summed E-state index contributed by atoms with van der Waals surface area (Å²) in [5.41, 5.74) is 0.984. The first-order valence-corrected chi connectivity index (χ1v) is 9.83. The van der Waals surface area contributed by atoms with E-state index < -0.39 is 21.9 Å². The number of esters is 1. The Kier molecular flexibility index (Phi) is 6.84. The minimum absolute atomic E-state index is 0.0247. The molecule has 2 rings (SSSR count). The summed E-state index contributed by atoms with van der Waals surface area (Å²) in [4.78, 5) is 24.0. The van der Waals surface area contributed by atoms with Gasteiger partial charge in [0.15, 0.2) is 5.11 Å². The molecule has 0 saturated heterocycles. The van der Waals surface area contributed by atoms with Crippen LogP contribution >= 0.6 is 12.2 Å². The summed E-state index contributed by atoms with van der Waals surface area (Å²) >= 11 is 5.11. The highest BCUT2D eigenvalue weighted by Crippen LogP contribution is 2.16. The maximum atomic E-state index is 12.3. The Morgan fingerprint density at radius 1 is 1.04 bits per heavy atom. The molecule has 0 spiro atoms. The van der Waals surface area contributed by atoms with E-state index in [9.17, 15) is 18.0 Å². The number of hydrogen-bond acceptors (Lipinski definition) is 6. The van der Waals surface area contributed by atoms with Crippen molar-refractivity contribution in [1.29, 1.82) is 0 Å². The van der Waals surface area contributed by atoms with Gasteiger partial charge in [0.1, 0.15) is 0 Å². The van der Waals surface area contributed by atoms with Gasteiger partial charge < -0.3 is 10.1 Å². The van der Waals surface area contributed by atoms with Crippen molar-refractivity contribution in [3.05, 3.63) is 59.7 Å². The van der Waals surface area contributed by atoms with E-state index in [0.29, 0.717) is 5.69 Å². The number of sulfonamides is 1. The van der Waals surface area contributed by atoms with Crippen molar-refractivity contribution < 1.29 is 22.7 Å². The molecular formula is C18H19N3O5S2. The molecule has 1 amide bonds. The fourth-order valence-electron chi connectivity index (χ4n) is 2.16. The monoisotopic (exact) mass is 421 g/mol. The van der Waals surface area contributed by atoms with Crippen LogP contribution in [-0.4, -0.2) is 50.9 Å². The second kappa shape index (κ2) is 8.91. The van der Waals surface area contributed by atoms with Gasteiger partial charge in [-0.3, -0.25) is 10.1 Å². The molecule has 0 aliphatic rings. The van der Waals surface area contributed by atoms with Crippen LogP contribution in [0.4, 0.5) is 5.69 Å². The van der Waals surface area contributed by atoms with Crippen molar-refractivity contribution in [2.45, 2.75) is 4.90 Å². The topological polar surface area (TPSA) is 105 Å². The molecule has 0 aliphatic heterocycles. The molecule has 0 fully saturated rings. The summed E-state index contributed by atoms with van der Waals surface area (Å²) in [5.74, 6) is -1.06. The quantitative estimate of drug-likeness (QED) is 0.561. The van der Waals surface area contributed by atoms with Gasteiger partial charge in [-0.05, 0) is 54.7 Å². The van der Waals surface area contributed by atoms with Crippen LogP contribution in [0.15, 0.2) is 53.4 Å². The van der Waals surface area contributed by atoms with Gasteiger partial charge in [0.05, 0.1) is 17.6 Å². The Bertz CT molecular complexity index is 1000. The maximum Gasteiger partial charge on any atom is 0.337 e. The molecule has 8 nitrogen and oxygen atoms in total. The van der Waals surface area contributed by atoms with Crippen LogP contribution in [0.2, 0.25) is 0 Å². The van der Waals surface area contributed by atoms with Crippen molar-refractivity contribution in [3.63, 3.8) is 0 Å². The van der Waals surface area contributed by atoms with Gasteiger partial charge in [-0.25, -0.2) is 17.5 Å². The van der Waals surface area contributed by atoms with Crippen molar-refractivity contribution >= 4 is 44.9 Å². The molecule has 0 atom stereocenters. The second-order valence-corrected chi connectivity index (χ2v) is 8.35. The van der Waals surface area contributed by atoms with Crippen molar-refractivity contribution in [2.24, 2.45) is 0 Å². The fraction of sp³-hybridized carbons (Fsp3) is 0.167. The summed E-state index contributed by atoms with van der Waals surface area (Å²) < 4.78 is 29.8. The lowest BCUT2D eigenvalue weighted by Gasteiger charge is -2.13. The van der Waals surface area contributed by atoms with Gasteiger partial charge in [-0.15, -0.1) is 0 Å². The second-order valence-electron chi connectivity index (χ2n) is 5.79. The number of ether oxygens (including phenoxy) is 1. The standard InChI is InChI=1S/C18H19N3O5S2/c1-21(2)28(24,25)15-9-7-14(8-10-15)19-18(27)20-16(22)12-5-4-6-13(11-12)17(23)26-3/h4-11H,1-3H3,(H2,19,20,22,27). The number of carbonyl (C=O) groups is 2. The average Bonchev–Trinajstić information content (AvgIpc) is 2.67. The Morgan fingerprint density at radius 3 is 2.21 bits per heavy atom. The van der Waals surface area contributed by atoms with Crippen LogP contribution in [0.1, 0.15) is 20.7 Å². The third kappa shape index (κ3) is 5.12. The summed E-state index contributed by atoms with van der Waals surface area (Å²) in [6.07, 6.45) is 0. The van der Waals surface area contributed by atoms with E-state index in [0.717, 1.165) is 4.31 Å². The molecular weight excluding hydrogens is 402 g/mol. The third-order valence-corrected chi connectivity index (χ3v) is 5.70. The first kappa shape index (κ1) is 21.5. The highest BCUT2D eigenvalue weighted by molar-refractivity contribution is 7.89. The molecule has 0 aliphatic carbocycles. The molecule has 0 radical (unpaired) electrons. The highest BCUT2D eigenvalue weighted by atomic mass is 32.2. The van der Waals surface area contributed by atoms with Gasteiger partial charge in [0, 0.05) is 25.3 Å². The number of nitrogens with one attached hydrogen (secondary N) is 2. The van der Waals surface area contributed by atoms with Gasteiger partial charge in [-0.2, -0.15) is 0 Å². The number of methoxy groups -OCH3 is 1. The summed E-state index contributed by atoms with van der Waals surface area (Å²) in [6, 6.07) is 11.9. The Hall–Kier alpha value is -2.82. The van der Waals surface area contributed by atoms with E-state index in [1.54, 1.807) is 6.07 Å². The fourth-order valence-corrected chi connectivity index (χ4v) is 3.28. The molecule has 28 heavy (non-hydrogen) atoms. The zero-order valence-electron chi connectivity index (χ0n) is 15.4. The van der Waals surface area contributed by atoms with Gasteiger partial charge in [0.25, 0.3) is 5.91 Å². The van der Waals surface area contributed by atoms with Crippen LogP contribution in [0.5, 0.6) is 0 Å². The summed E-state index contributed by atoms with van der Waals surface area (Å²) in [5, 5.41) is 5.32. The maximum absolute atomic E-state index is 12.3. The molecule has 0 aromatic heterocycles. The number of amides is 1. The number of carbonyl (C=O) groups excluding carboxylic acids is 2. The van der Waals surface area contributed by atoms with E-state index in [1.165, 1.54) is 63.7 Å². The highest BCUT2D eigenvalue weighted by Gasteiger charge is 2.17. The van der Waals surface area contributed by atoms with Crippen molar-refractivity contribution in [2.75, 3.05) is 26.5 Å². The van der Waals surface area contributed by atoms with E-state index in [-0.39, 0.29) is 21.1 Å². The predicted octanol–water partition coefficient (Wildman–Crippen LogP) is 1.85. The van der Waals surface area contributed by atoms with Crippen LogP contribution in [-0.2, 0) is 14.8 Å². The van der Waals surface area contributed by atoms with E-state index in [1.807, 2.05) is 0 Å². The smallest absolute Gasteiger partial charge is 0.337 e. The first-order chi connectivity index (χ1) is 13.1. The number of nitrogens with zero attached hydrogens (tertiary/aromatic N) is 1. The largest absolute Gasteiger partial charge is 0.465 e. The lowest BCUT2D eigenvalue weighted by molar-refractivity contribution is 0.0600. The van der Waals surface area contributed by atoms with Crippen molar-refractivity contribution in [1.82, 2.24) is 9.62 Å². The van der Waals surface area contributed by atoms with Crippen LogP contribution in [0.25, 0.3) is 0 Å². The third-order valence-electron chi connectivity index (χ3n) is 3.66.